The third-order valence-electron chi connectivity index (χ3n) is 2.48. The SMILES string of the molecule is Cc1nnc(N2CCNCC2)nc1C.Cl. The average Bonchev–Trinajstić information content (AvgIpc) is 2.23. The number of hydrogen-bond donors (Lipinski definition) is 1. The Kier molecular flexibility index (Phi) is 4.23. The van der Waals surface area contributed by atoms with Gasteiger partial charge in [-0.05, 0) is 13.8 Å². The summed E-state index contributed by atoms with van der Waals surface area (Å²) in [4.78, 5) is 6.58. The Labute approximate surface area is 95.7 Å². The second-order valence-corrected chi connectivity index (χ2v) is 3.52. The molecule has 1 aromatic rings. The van der Waals surface area contributed by atoms with Crippen LogP contribution < -0.4 is 10.2 Å². The van der Waals surface area contributed by atoms with Crippen molar-refractivity contribution >= 4 is 18.4 Å². The Bertz CT molecular complexity index is 324. The Morgan fingerprint density at radius 2 is 1.73 bits per heavy atom. The molecule has 84 valence electrons. The summed E-state index contributed by atoms with van der Waals surface area (Å²) in [7, 11) is 0. The second-order valence-electron chi connectivity index (χ2n) is 3.52. The van der Waals surface area contributed by atoms with E-state index in [1.165, 1.54) is 0 Å². The molecule has 0 unspecified atom stereocenters. The van der Waals surface area contributed by atoms with E-state index >= 15 is 0 Å². The molecule has 1 saturated heterocycles. The number of piperazine rings is 1. The quantitative estimate of drug-likeness (QED) is 0.752. The van der Waals surface area contributed by atoms with Crippen molar-refractivity contribution in [3.8, 4) is 0 Å². The summed E-state index contributed by atoms with van der Waals surface area (Å²) in [6, 6.07) is 0. The highest BCUT2D eigenvalue weighted by Crippen LogP contribution is 2.08. The van der Waals surface area contributed by atoms with Gasteiger partial charge < -0.3 is 10.2 Å². The monoisotopic (exact) mass is 229 g/mol. The zero-order valence-corrected chi connectivity index (χ0v) is 9.84. The largest absolute Gasteiger partial charge is 0.337 e. The molecule has 0 bridgehead atoms. The molecular weight excluding hydrogens is 214 g/mol. The number of halogens is 1. The van der Waals surface area contributed by atoms with Crippen LogP contribution in [-0.2, 0) is 0 Å². The lowest BCUT2D eigenvalue weighted by molar-refractivity contribution is 0.575. The zero-order chi connectivity index (χ0) is 9.97. The summed E-state index contributed by atoms with van der Waals surface area (Å²) in [5.41, 5.74) is 1.87. The van der Waals surface area contributed by atoms with Crippen LogP contribution in [0.4, 0.5) is 5.95 Å². The Balaban J connectivity index is 0.00000112. The van der Waals surface area contributed by atoms with E-state index in [2.05, 4.69) is 25.4 Å². The number of aromatic nitrogens is 3. The first-order chi connectivity index (χ1) is 6.77. The average molecular weight is 230 g/mol. The molecule has 15 heavy (non-hydrogen) atoms. The highest BCUT2D eigenvalue weighted by atomic mass is 35.5. The van der Waals surface area contributed by atoms with Gasteiger partial charge in [0.05, 0.1) is 11.4 Å². The number of anilines is 1. The van der Waals surface area contributed by atoms with Crippen LogP contribution in [0.15, 0.2) is 0 Å². The summed E-state index contributed by atoms with van der Waals surface area (Å²) < 4.78 is 0. The minimum Gasteiger partial charge on any atom is -0.337 e. The number of rotatable bonds is 1. The van der Waals surface area contributed by atoms with E-state index in [0.717, 1.165) is 43.5 Å². The number of nitrogens with zero attached hydrogens (tertiary/aromatic N) is 4. The van der Waals surface area contributed by atoms with E-state index in [-0.39, 0.29) is 12.4 Å². The first kappa shape index (κ1) is 12.1. The van der Waals surface area contributed by atoms with Gasteiger partial charge in [0.2, 0.25) is 5.95 Å². The second kappa shape index (κ2) is 5.23. The van der Waals surface area contributed by atoms with Crippen molar-refractivity contribution < 1.29 is 0 Å². The highest BCUT2D eigenvalue weighted by Gasteiger charge is 2.13. The van der Waals surface area contributed by atoms with Crippen LogP contribution in [0.1, 0.15) is 11.4 Å². The molecule has 0 aliphatic carbocycles. The summed E-state index contributed by atoms with van der Waals surface area (Å²) in [5.74, 6) is 0.759. The van der Waals surface area contributed by atoms with Gasteiger partial charge >= 0.3 is 0 Å². The molecule has 2 heterocycles. The molecular formula is C9H16ClN5. The summed E-state index contributed by atoms with van der Waals surface area (Å²) in [6.45, 7) is 7.81. The van der Waals surface area contributed by atoms with Crippen LogP contribution in [0, 0.1) is 13.8 Å². The van der Waals surface area contributed by atoms with Gasteiger partial charge in [-0.15, -0.1) is 17.5 Å². The summed E-state index contributed by atoms with van der Waals surface area (Å²) in [5, 5.41) is 11.5. The molecule has 0 aromatic carbocycles. The first-order valence-corrected chi connectivity index (χ1v) is 4.91. The molecule has 1 N–H and O–H groups in total. The number of hydrogen-bond acceptors (Lipinski definition) is 5. The van der Waals surface area contributed by atoms with E-state index in [4.69, 9.17) is 0 Å². The fraction of sp³-hybridized carbons (Fsp3) is 0.667. The fourth-order valence-electron chi connectivity index (χ4n) is 1.44. The van der Waals surface area contributed by atoms with Crippen LogP contribution >= 0.6 is 12.4 Å². The van der Waals surface area contributed by atoms with Gasteiger partial charge in [-0.1, -0.05) is 0 Å². The normalized spacial score (nSPS) is 16.0. The molecule has 0 amide bonds. The zero-order valence-electron chi connectivity index (χ0n) is 9.03. The van der Waals surface area contributed by atoms with Crippen molar-refractivity contribution in [1.82, 2.24) is 20.5 Å². The van der Waals surface area contributed by atoms with Crippen molar-refractivity contribution in [2.45, 2.75) is 13.8 Å². The lowest BCUT2D eigenvalue weighted by atomic mass is 10.3. The number of nitrogens with one attached hydrogen (secondary N) is 1. The van der Waals surface area contributed by atoms with Crippen LogP contribution in [0.3, 0.4) is 0 Å². The number of aryl methyl sites for hydroxylation is 2. The summed E-state index contributed by atoms with van der Waals surface area (Å²) in [6.07, 6.45) is 0. The lowest BCUT2D eigenvalue weighted by Gasteiger charge is -2.27. The maximum atomic E-state index is 4.42. The smallest absolute Gasteiger partial charge is 0.245 e. The maximum Gasteiger partial charge on any atom is 0.245 e. The third-order valence-corrected chi connectivity index (χ3v) is 2.48. The molecule has 1 aliphatic rings. The van der Waals surface area contributed by atoms with Crippen molar-refractivity contribution in [1.29, 1.82) is 0 Å². The van der Waals surface area contributed by atoms with Gasteiger partial charge in [0, 0.05) is 26.2 Å². The van der Waals surface area contributed by atoms with Crippen LogP contribution in [0.5, 0.6) is 0 Å². The van der Waals surface area contributed by atoms with Crippen LogP contribution in [0.2, 0.25) is 0 Å². The fourth-order valence-corrected chi connectivity index (χ4v) is 1.44. The summed E-state index contributed by atoms with van der Waals surface area (Å²) >= 11 is 0. The van der Waals surface area contributed by atoms with Gasteiger partial charge in [0.25, 0.3) is 0 Å². The minimum atomic E-state index is 0. The van der Waals surface area contributed by atoms with E-state index in [1.807, 2.05) is 13.8 Å². The van der Waals surface area contributed by atoms with Crippen LogP contribution in [0.25, 0.3) is 0 Å². The van der Waals surface area contributed by atoms with Crippen molar-refractivity contribution in [2.24, 2.45) is 0 Å². The molecule has 5 nitrogen and oxygen atoms in total. The van der Waals surface area contributed by atoms with Gasteiger partial charge in [-0.2, -0.15) is 5.10 Å². The maximum absolute atomic E-state index is 4.42. The Morgan fingerprint density at radius 3 is 2.33 bits per heavy atom. The van der Waals surface area contributed by atoms with Crippen molar-refractivity contribution in [3.05, 3.63) is 11.4 Å². The third kappa shape index (κ3) is 2.76. The first-order valence-electron chi connectivity index (χ1n) is 4.91. The molecule has 1 aliphatic heterocycles. The molecule has 6 heteroatoms. The minimum absolute atomic E-state index is 0. The van der Waals surface area contributed by atoms with E-state index in [9.17, 15) is 0 Å². The van der Waals surface area contributed by atoms with Gasteiger partial charge in [0.1, 0.15) is 0 Å². The van der Waals surface area contributed by atoms with E-state index in [1.54, 1.807) is 0 Å². The molecule has 1 fully saturated rings. The molecule has 2 rings (SSSR count). The Hall–Kier alpha value is -0.940. The van der Waals surface area contributed by atoms with Crippen molar-refractivity contribution in [3.63, 3.8) is 0 Å². The standard InChI is InChI=1S/C9H15N5.ClH/c1-7-8(2)12-13-9(11-7)14-5-3-10-4-6-14;/h10H,3-6H2,1-2H3;1H. The van der Waals surface area contributed by atoms with Gasteiger partial charge in [-0.25, -0.2) is 4.98 Å². The highest BCUT2D eigenvalue weighted by molar-refractivity contribution is 5.85. The molecule has 0 atom stereocenters. The van der Waals surface area contributed by atoms with E-state index in [0.29, 0.717) is 0 Å². The van der Waals surface area contributed by atoms with Gasteiger partial charge in [0.15, 0.2) is 0 Å². The molecule has 0 radical (unpaired) electrons. The van der Waals surface area contributed by atoms with E-state index < -0.39 is 0 Å². The van der Waals surface area contributed by atoms with Gasteiger partial charge in [-0.3, -0.25) is 0 Å². The predicted molar refractivity (Wildman–Crippen MR) is 61.6 cm³/mol. The molecule has 0 spiro atoms. The van der Waals surface area contributed by atoms with Crippen LogP contribution in [-0.4, -0.2) is 41.4 Å². The van der Waals surface area contributed by atoms with Crippen molar-refractivity contribution in [2.75, 3.05) is 31.1 Å². The lowest BCUT2D eigenvalue weighted by Crippen LogP contribution is -2.44. The predicted octanol–water partition coefficient (Wildman–Crippen LogP) is 0.320. The molecule has 0 saturated carbocycles. The molecule has 1 aromatic heterocycles. The topological polar surface area (TPSA) is 53.9 Å². The Morgan fingerprint density at radius 1 is 1.07 bits per heavy atom.